The number of benzene rings is 2. The van der Waals surface area contributed by atoms with Crippen LogP contribution in [0, 0.1) is 5.92 Å². The zero-order valence-electron chi connectivity index (χ0n) is 12.0. The SMILES string of the molecule is CC(C)Cc1ccc(C(=O)C=Cc2ccccc2)cc1. The summed E-state index contributed by atoms with van der Waals surface area (Å²) in [7, 11) is 0. The third-order valence-electron chi connectivity index (χ3n) is 3.11. The van der Waals surface area contributed by atoms with Crippen molar-refractivity contribution in [3.05, 3.63) is 77.4 Å². The number of ketones is 1. The van der Waals surface area contributed by atoms with Gasteiger partial charge in [0, 0.05) is 5.56 Å². The molecule has 0 aliphatic carbocycles. The molecule has 0 unspecified atom stereocenters. The number of rotatable bonds is 5. The van der Waals surface area contributed by atoms with Crippen LogP contribution >= 0.6 is 0 Å². The van der Waals surface area contributed by atoms with Gasteiger partial charge in [-0.05, 0) is 29.5 Å². The smallest absolute Gasteiger partial charge is 0.185 e. The molecule has 0 radical (unpaired) electrons. The second kappa shape index (κ2) is 6.85. The maximum atomic E-state index is 12.1. The lowest BCUT2D eigenvalue weighted by atomic mass is 10.0. The molecule has 2 rings (SSSR count). The fourth-order valence-corrected chi connectivity index (χ4v) is 2.11. The summed E-state index contributed by atoms with van der Waals surface area (Å²) >= 11 is 0. The normalized spacial score (nSPS) is 11.2. The van der Waals surface area contributed by atoms with Gasteiger partial charge in [0.05, 0.1) is 0 Å². The highest BCUT2D eigenvalue weighted by molar-refractivity contribution is 6.06. The Labute approximate surface area is 121 Å². The van der Waals surface area contributed by atoms with Crippen LogP contribution in [0.5, 0.6) is 0 Å². The van der Waals surface area contributed by atoms with E-state index in [9.17, 15) is 4.79 Å². The van der Waals surface area contributed by atoms with E-state index < -0.39 is 0 Å². The van der Waals surface area contributed by atoms with Crippen molar-refractivity contribution in [2.75, 3.05) is 0 Å². The molecule has 0 saturated carbocycles. The van der Waals surface area contributed by atoms with E-state index in [1.54, 1.807) is 6.08 Å². The molecule has 0 heterocycles. The molecule has 0 atom stereocenters. The highest BCUT2D eigenvalue weighted by Gasteiger charge is 2.03. The summed E-state index contributed by atoms with van der Waals surface area (Å²) in [6.07, 6.45) is 4.53. The van der Waals surface area contributed by atoms with Crippen LogP contribution in [0.3, 0.4) is 0 Å². The average Bonchev–Trinajstić information content (AvgIpc) is 2.46. The molecule has 0 bridgehead atoms. The summed E-state index contributed by atoms with van der Waals surface area (Å²) in [5.41, 5.74) is 3.06. The van der Waals surface area contributed by atoms with Crippen LogP contribution in [-0.2, 0) is 6.42 Å². The topological polar surface area (TPSA) is 17.1 Å². The highest BCUT2D eigenvalue weighted by atomic mass is 16.1. The van der Waals surface area contributed by atoms with Gasteiger partial charge in [-0.3, -0.25) is 4.79 Å². The average molecular weight is 264 g/mol. The van der Waals surface area contributed by atoms with Crippen molar-refractivity contribution in [1.29, 1.82) is 0 Å². The second-order valence-electron chi connectivity index (χ2n) is 5.40. The maximum absolute atomic E-state index is 12.1. The van der Waals surface area contributed by atoms with E-state index in [-0.39, 0.29) is 5.78 Å². The highest BCUT2D eigenvalue weighted by Crippen LogP contribution is 2.11. The predicted molar refractivity (Wildman–Crippen MR) is 84.8 cm³/mol. The van der Waals surface area contributed by atoms with Crippen molar-refractivity contribution in [3.8, 4) is 0 Å². The minimum atomic E-state index is 0.0463. The van der Waals surface area contributed by atoms with Gasteiger partial charge in [0.15, 0.2) is 5.78 Å². The molecule has 0 N–H and O–H groups in total. The molecule has 1 heteroatoms. The molecule has 102 valence electrons. The van der Waals surface area contributed by atoms with Crippen LogP contribution in [-0.4, -0.2) is 5.78 Å². The van der Waals surface area contributed by atoms with Crippen molar-refractivity contribution in [2.45, 2.75) is 20.3 Å². The monoisotopic (exact) mass is 264 g/mol. The Hall–Kier alpha value is -2.15. The van der Waals surface area contributed by atoms with E-state index in [1.807, 2.05) is 60.7 Å². The van der Waals surface area contributed by atoms with Gasteiger partial charge in [-0.25, -0.2) is 0 Å². The minimum absolute atomic E-state index is 0.0463. The molecule has 0 fully saturated rings. The number of hydrogen-bond donors (Lipinski definition) is 0. The van der Waals surface area contributed by atoms with Crippen LogP contribution in [0.15, 0.2) is 60.7 Å². The Morgan fingerprint density at radius 3 is 2.25 bits per heavy atom. The summed E-state index contributed by atoms with van der Waals surface area (Å²) in [5, 5.41) is 0. The fourth-order valence-electron chi connectivity index (χ4n) is 2.11. The van der Waals surface area contributed by atoms with E-state index in [2.05, 4.69) is 13.8 Å². The number of carbonyl (C=O) groups excluding carboxylic acids is 1. The lowest BCUT2D eigenvalue weighted by Crippen LogP contribution is -1.97. The van der Waals surface area contributed by atoms with Crippen LogP contribution < -0.4 is 0 Å². The fraction of sp³-hybridized carbons (Fsp3) is 0.211. The summed E-state index contributed by atoms with van der Waals surface area (Å²) in [6.45, 7) is 4.39. The van der Waals surface area contributed by atoms with E-state index in [0.717, 1.165) is 17.5 Å². The molecule has 0 saturated heterocycles. The van der Waals surface area contributed by atoms with Crippen molar-refractivity contribution < 1.29 is 4.79 Å². The molecule has 2 aromatic rings. The first kappa shape index (κ1) is 14.3. The third-order valence-corrected chi connectivity index (χ3v) is 3.11. The first-order valence-corrected chi connectivity index (χ1v) is 7.01. The van der Waals surface area contributed by atoms with Gasteiger partial charge in [0.2, 0.25) is 0 Å². The standard InChI is InChI=1S/C19H20O/c1-15(2)14-17-8-11-18(12-9-17)19(20)13-10-16-6-4-3-5-7-16/h3-13,15H,14H2,1-2H3. The van der Waals surface area contributed by atoms with E-state index >= 15 is 0 Å². The Bertz CT molecular complexity index is 577. The summed E-state index contributed by atoms with van der Waals surface area (Å²) < 4.78 is 0. The van der Waals surface area contributed by atoms with Crippen molar-refractivity contribution >= 4 is 11.9 Å². The Kier molecular flexibility index (Phi) is 4.89. The molecular weight excluding hydrogens is 244 g/mol. The molecule has 0 aliphatic rings. The molecule has 0 amide bonds. The van der Waals surface area contributed by atoms with E-state index in [1.165, 1.54) is 5.56 Å². The van der Waals surface area contributed by atoms with Gasteiger partial charge in [0.1, 0.15) is 0 Å². The van der Waals surface area contributed by atoms with Gasteiger partial charge in [-0.2, -0.15) is 0 Å². The van der Waals surface area contributed by atoms with Crippen LogP contribution in [0.2, 0.25) is 0 Å². The van der Waals surface area contributed by atoms with Crippen LogP contribution in [0.1, 0.15) is 35.3 Å². The van der Waals surface area contributed by atoms with Crippen LogP contribution in [0.25, 0.3) is 6.08 Å². The number of allylic oxidation sites excluding steroid dienone is 1. The van der Waals surface area contributed by atoms with Gasteiger partial charge in [-0.15, -0.1) is 0 Å². The van der Waals surface area contributed by atoms with Gasteiger partial charge in [0.25, 0.3) is 0 Å². The summed E-state index contributed by atoms with van der Waals surface area (Å²) in [5.74, 6) is 0.680. The van der Waals surface area contributed by atoms with Crippen LogP contribution in [0.4, 0.5) is 0 Å². The van der Waals surface area contributed by atoms with Crippen molar-refractivity contribution in [3.63, 3.8) is 0 Å². The van der Waals surface area contributed by atoms with Gasteiger partial charge in [-0.1, -0.05) is 74.5 Å². The number of carbonyl (C=O) groups is 1. The Morgan fingerprint density at radius 1 is 1.00 bits per heavy atom. The Balaban J connectivity index is 2.04. The summed E-state index contributed by atoms with van der Waals surface area (Å²) in [4.78, 5) is 12.1. The molecular formula is C19H20O. The molecule has 2 aromatic carbocycles. The quantitative estimate of drug-likeness (QED) is 0.561. The van der Waals surface area contributed by atoms with Gasteiger partial charge < -0.3 is 0 Å². The second-order valence-corrected chi connectivity index (χ2v) is 5.40. The minimum Gasteiger partial charge on any atom is -0.289 e. The molecule has 20 heavy (non-hydrogen) atoms. The largest absolute Gasteiger partial charge is 0.289 e. The van der Waals surface area contributed by atoms with Crippen molar-refractivity contribution in [2.24, 2.45) is 5.92 Å². The predicted octanol–water partition coefficient (Wildman–Crippen LogP) is 4.78. The Morgan fingerprint density at radius 2 is 1.65 bits per heavy atom. The third kappa shape index (κ3) is 4.20. The molecule has 1 nitrogen and oxygen atoms in total. The first-order chi connectivity index (χ1) is 9.65. The first-order valence-electron chi connectivity index (χ1n) is 7.01. The van der Waals surface area contributed by atoms with E-state index in [0.29, 0.717) is 5.92 Å². The zero-order chi connectivity index (χ0) is 14.4. The van der Waals surface area contributed by atoms with Gasteiger partial charge >= 0.3 is 0 Å². The lowest BCUT2D eigenvalue weighted by Gasteiger charge is -2.05. The van der Waals surface area contributed by atoms with Crippen molar-refractivity contribution in [1.82, 2.24) is 0 Å². The lowest BCUT2D eigenvalue weighted by molar-refractivity contribution is 0.104. The number of hydrogen-bond acceptors (Lipinski definition) is 1. The maximum Gasteiger partial charge on any atom is 0.185 e. The zero-order valence-corrected chi connectivity index (χ0v) is 12.0. The molecule has 0 spiro atoms. The van der Waals surface area contributed by atoms with E-state index in [4.69, 9.17) is 0 Å². The molecule has 0 aliphatic heterocycles. The molecule has 0 aromatic heterocycles. The summed E-state index contributed by atoms with van der Waals surface area (Å²) in [6, 6.07) is 17.8.